The number of halogens is 1. The van der Waals surface area contributed by atoms with Gasteiger partial charge in [-0.05, 0) is 13.0 Å². The van der Waals surface area contributed by atoms with Crippen LogP contribution in [-0.4, -0.2) is 69.7 Å². The summed E-state index contributed by atoms with van der Waals surface area (Å²) in [7, 11) is -17.1. The van der Waals surface area contributed by atoms with E-state index in [4.69, 9.17) is 30.5 Å². The summed E-state index contributed by atoms with van der Waals surface area (Å²) in [5, 5.41) is 10.9. The van der Waals surface area contributed by atoms with Gasteiger partial charge in [0.1, 0.15) is 18.9 Å². The van der Waals surface area contributed by atoms with Crippen LogP contribution in [0.1, 0.15) is 13.2 Å². The Kier molecular flexibility index (Phi) is 8.22. The molecule has 0 radical (unpaired) electrons. The van der Waals surface area contributed by atoms with Crippen LogP contribution < -0.4 is 17.0 Å². The van der Waals surface area contributed by atoms with E-state index in [0.717, 1.165) is 11.5 Å². The number of H-pyrrole nitrogens is 1. The second kappa shape index (κ2) is 10.3. The fourth-order valence-electron chi connectivity index (χ4n) is 3.56. The number of fused-ring (bicyclic) bond motifs is 1. The molecule has 3 rings (SSSR count). The second-order valence-electron chi connectivity index (χ2n) is 7.58. The minimum atomic E-state index is -5.82. The van der Waals surface area contributed by atoms with Gasteiger partial charge in [-0.2, -0.15) is 13.6 Å². The van der Waals surface area contributed by atoms with Crippen molar-refractivity contribution < 1.29 is 60.6 Å². The maximum atomic E-state index is 12.9. The van der Waals surface area contributed by atoms with Gasteiger partial charge >= 0.3 is 23.5 Å². The van der Waals surface area contributed by atoms with Crippen LogP contribution in [0.4, 0.5) is 10.3 Å². The van der Waals surface area contributed by atoms with Crippen molar-refractivity contribution in [2.24, 2.45) is 5.73 Å². The number of rotatable bonds is 8. The van der Waals surface area contributed by atoms with Gasteiger partial charge in [0, 0.05) is 6.20 Å². The number of nitrogen functional groups attached to an aromatic ring is 1. The first-order valence-corrected chi connectivity index (χ1v) is 14.3. The third-order valence-corrected chi connectivity index (χ3v) is 8.82. The first kappa shape index (κ1) is 29.6. The van der Waals surface area contributed by atoms with Crippen molar-refractivity contribution in [1.29, 1.82) is 0 Å². The lowest BCUT2D eigenvalue weighted by molar-refractivity contribution is -0.0732. The molecule has 0 spiro atoms. The zero-order chi connectivity index (χ0) is 28.0. The lowest BCUT2D eigenvalue weighted by Crippen LogP contribution is -2.54. The second-order valence-corrected chi connectivity index (χ2v) is 12.0. The van der Waals surface area contributed by atoms with Crippen LogP contribution in [0, 0.1) is 11.8 Å². The molecule has 0 saturated carbocycles. The van der Waals surface area contributed by atoms with Crippen molar-refractivity contribution in [3.63, 3.8) is 0 Å². The topological polar surface area (TPSA) is 292 Å². The minimum absolute atomic E-state index is 0.0258. The molecule has 10 N–H and O–H groups in total. The van der Waals surface area contributed by atoms with Gasteiger partial charge in [-0.3, -0.25) is 14.3 Å². The first-order chi connectivity index (χ1) is 16.9. The molecule has 2 aromatic heterocycles. The molecule has 0 bridgehead atoms. The summed E-state index contributed by atoms with van der Waals surface area (Å²) >= 11 is 0. The van der Waals surface area contributed by atoms with E-state index in [1.807, 2.05) is 5.92 Å². The zero-order valence-corrected chi connectivity index (χ0v) is 21.1. The van der Waals surface area contributed by atoms with Crippen molar-refractivity contribution in [2.45, 2.75) is 37.0 Å². The summed E-state index contributed by atoms with van der Waals surface area (Å²) in [4.78, 5) is 54.8. The molecule has 0 amide bonds. The van der Waals surface area contributed by atoms with Crippen molar-refractivity contribution in [2.75, 3.05) is 12.4 Å². The lowest BCUT2D eigenvalue weighted by atomic mass is 9.90. The van der Waals surface area contributed by atoms with E-state index in [-0.39, 0.29) is 17.0 Å². The molecular formula is C15H21FN5O13P3. The molecular weight excluding hydrogens is 570 g/mol. The number of phosphoric acid groups is 3. The molecule has 1 saturated heterocycles. The molecule has 18 nitrogen and oxygen atoms in total. The van der Waals surface area contributed by atoms with E-state index < -0.39 is 65.8 Å². The lowest BCUT2D eigenvalue weighted by Gasteiger charge is -2.28. The van der Waals surface area contributed by atoms with Crippen LogP contribution in [0.3, 0.4) is 0 Å². The van der Waals surface area contributed by atoms with Gasteiger partial charge in [0.15, 0.2) is 17.4 Å². The normalized spacial score (nSPS) is 28.3. The molecule has 3 heterocycles. The molecule has 3 unspecified atom stereocenters. The molecule has 0 aliphatic carbocycles. The molecule has 0 aromatic carbocycles. The van der Waals surface area contributed by atoms with E-state index in [0.29, 0.717) is 0 Å². The Balaban J connectivity index is 1.95. The molecule has 37 heavy (non-hydrogen) atoms. The number of hydrogen-bond donors (Lipinski definition) is 8. The fourth-order valence-corrected chi connectivity index (χ4v) is 6.76. The summed E-state index contributed by atoms with van der Waals surface area (Å²) in [6.07, 6.45) is -5.51. The number of ether oxygens (including phenoxy) is 1. The molecule has 2 aromatic rings. The Hall–Kier alpha value is -2.00. The largest absolute Gasteiger partial charge is 0.490 e. The van der Waals surface area contributed by atoms with Crippen LogP contribution in [-0.2, 0) is 31.6 Å². The fraction of sp³-hybridized carbons (Fsp3) is 0.467. The van der Waals surface area contributed by atoms with Crippen molar-refractivity contribution in [1.82, 2.24) is 14.5 Å². The van der Waals surface area contributed by atoms with Gasteiger partial charge in [0.2, 0.25) is 5.95 Å². The highest BCUT2D eigenvalue weighted by molar-refractivity contribution is 7.66. The molecule has 1 aliphatic heterocycles. The quantitative estimate of drug-likeness (QED) is 0.134. The van der Waals surface area contributed by atoms with E-state index in [1.54, 1.807) is 0 Å². The third-order valence-electron chi connectivity index (χ3n) is 4.90. The standard InChI is InChI=1S/C15H21FN5O13P3/c1-7(32-36(27,28)34-37(29,30)33-35(24,25)26)9-10(22)15(18,4-2-5-16)13(31-9)21-6-3-8-11(21)19-14(17)20-12(8)23/h3,6-7,9-10,13,22H,5,18H2,1H3,(H,27,28)(H,29,30)(H2,24,25,26)(H3,17,19,20,23)/t7-,9-,10+,13-,15?/m1/s1. The average Bonchev–Trinajstić information content (AvgIpc) is 3.23. The summed E-state index contributed by atoms with van der Waals surface area (Å²) in [6.45, 7) is -0.149. The number of nitrogens with zero attached hydrogens (tertiary/aromatic N) is 2. The van der Waals surface area contributed by atoms with Crippen LogP contribution in [0.25, 0.3) is 11.0 Å². The SMILES string of the molecule is C[C@@H](OP(=O)(O)OP(=O)(O)OP(=O)(O)O)[C@H]1O[C@@H](n2ccc3c(=O)[nH]c(N)nc32)C(N)(C#CCF)[C@H]1O. The number of anilines is 1. The first-order valence-electron chi connectivity index (χ1n) is 9.76. The highest BCUT2D eigenvalue weighted by Gasteiger charge is 2.57. The van der Waals surface area contributed by atoms with Gasteiger partial charge in [-0.15, -0.1) is 0 Å². The van der Waals surface area contributed by atoms with Gasteiger partial charge in [0.25, 0.3) is 5.56 Å². The molecule has 22 heteroatoms. The number of nitrogens with one attached hydrogen (secondary N) is 1. The number of aromatic amines is 1. The van der Waals surface area contributed by atoms with E-state index in [1.165, 1.54) is 12.3 Å². The van der Waals surface area contributed by atoms with Crippen LogP contribution in [0.5, 0.6) is 0 Å². The number of aliphatic hydroxyl groups is 1. The minimum Gasteiger partial charge on any atom is -0.387 e. The highest BCUT2D eigenvalue weighted by Crippen LogP contribution is 2.66. The maximum absolute atomic E-state index is 12.9. The number of phosphoric ester groups is 1. The van der Waals surface area contributed by atoms with Crippen LogP contribution >= 0.6 is 23.5 Å². The third kappa shape index (κ3) is 6.53. The molecule has 7 atom stereocenters. The van der Waals surface area contributed by atoms with Gasteiger partial charge < -0.3 is 45.5 Å². The number of aliphatic hydroxyl groups excluding tert-OH is 1. The van der Waals surface area contributed by atoms with Crippen molar-refractivity contribution in [3.05, 3.63) is 22.6 Å². The van der Waals surface area contributed by atoms with Crippen LogP contribution in [0.15, 0.2) is 17.1 Å². The summed E-state index contributed by atoms with van der Waals surface area (Å²) in [5.74, 6) is 4.06. The predicted octanol–water partition coefficient (Wildman–Crippen LogP) is -1.03. The van der Waals surface area contributed by atoms with Gasteiger partial charge in [-0.25, -0.2) is 18.1 Å². The number of aromatic nitrogens is 3. The molecule has 206 valence electrons. The maximum Gasteiger partial charge on any atom is 0.490 e. The van der Waals surface area contributed by atoms with Crippen molar-refractivity contribution in [3.8, 4) is 11.8 Å². The van der Waals surface area contributed by atoms with E-state index >= 15 is 0 Å². The Bertz CT molecular complexity index is 1450. The van der Waals surface area contributed by atoms with Crippen molar-refractivity contribution >= 4 is 40.4 Å². The summed E-state index contributed by atoms with van der Waals surface area (Å²) in [5.41, 5.74) is 9.00. The number of hydrogen-bond acceptors (Lipinski definition) is 12. The molecule has 1 fully saturated rings. The smallest absolute Gasteiger partial charge is 0.387 e. The Labute approximate surface area is 205 Å². The van der Waals surface area contributed by atoms with Gasteiger partial charge in [0.05, 0.1) is 11.5 Å². The number of alkyl halides is 1. The monoisotopic (exact) mass is 591 g/mol. The Morgan fingerprint density at radius 2 is 1.95 bits per heavy atom. The Morgan fingerprint density at radius 3 is 2.54 bits per heavy atom. The average molecular weight is 591 g/mol. The summed E-state index contributed by atoms with van der Waals surface area (Å²) < 4.78 is 66.3. The summed E-state index contributed by atoms with van der Waals surface area (Å²) in [6, 6.07) is 1.31. The zero-order valence-electron chi connectivity index (χ0n) is 18.4. The highest BCUT2D eigenvalue weighted by atomic mass is 31.3. The predicted molar refractivity (Wildman–Crippen MR) is 120 cm³/mol. The Morgan fingerprint density at radius 1 is 1.30 bits per heavy atom. The van der Waals surface area contributed by atoms with E-state index in [2.05, 4.69) is 24.5 Å². The van der Waals surface area contributed by atoms with Crippen LogP contribution in [0.2, 0.25) is 0 Å². The molecule has 1 aliphatic rings. The van der Waals surface area contributed by atoms with Gasteiger partial charge in [-0.1, -0.05) is 11.8 Å². The van der Waals surface area contributed by atoms with E-state index in [9.17, 15) is 37.8 Å². The number of nitrogens with two attached hydrogens (primary N) is 2.